The fourth-order valence-electron chi connectivity index (χ4n) is 2.91. The van der Waals surface area contributed by atoms with Crippen LogP contribution in [0.1, 0.15) is 24.5 Å². The van der Waals surface area contributed by atoms with Crippen LogP contribution in [0.4, 0.5) is 5.69 Å². The van der Waals surface area contributed by atoms with E-state index in [1.54, 1.807) is 18.2 Å². The van der Waals surface area contributed by atoms with Crippen LogP contribution in [-0.4, -0.2) is 48.6 Å². The number of thioether (sulfide) groups is 1. The Morgan fingerprint density at radius 1 is 1.14 bits per heavy atom. The van der Waals surface area contributed by atoms with Crippen molar-refractivity contribution in [1.82, 2.24) is 4.90 Å². The molecular weight excluding hydrogens is 384 g/mol. The van der Waals surface area contributed by atoms with Crippen molar-refractivity contribution in [2.24, 2.45) is 10.2 Å². The van der Waals surface area contributed by atoms with E-state index in [9.17, 15) is 4.79 Å². The summed E-state index contributed by atoms with van der Waals surface area (Å²) in [5, 5.41) is 9.12. The van der Waals surface area contributed by atoms with Crippen LogP contribution < -0.4 is 9.64 Å². The molecule has 0 saturated carbocycles. The molecule has 6 nitrogen and oxygen atoms in total. The van der Waals surface area contributed by atoms with Crippen molar-refractivity contribution in [2.75, 3.05) is 26.1 Å². The molecule has 0 radical (unpaired) electrons. The predicted molar refractivity (Wildman–Crippen MR) is 121 cm³/mol. The molecule has 2 aromatic rings. The first-order valence-corrected chi connectivity index (χ1v) is 10.4. The van der Waals surface area contributed by atoms with E-state index < -0.39 is 0 Å². The predicted octanol–water partition coefficient (Wildman–Crippen LogP) is 4.01. The molecule has 1 aliphatic rings. The van der Waals surface area contributed by atoms with E-state index in [2.05, 4.69) is 10.2 Å². The third-order valence-corrected chi connectivity index (χ3v) is 5.98. The summed E-state index contributed by atoms with van der Waals surface area (Å²) in [6.45, 7) is 2.48. The minimum absolute atomic E-state index is 0.0811. The van der Waals surface area contributed by atoms with E-state index in [0.717, 1.165) is 29.0 Å². The second-order valence-corrected chi connectivity index (χ2v) is 8.07. The van der Waals surface area contributed by atoms with Crippen LogP contribution in [0.2, 0.25) is 0 Å². The molecule has 0 spiro atoms. The van der Waals surface area contributed by atoms with E-state index in [4.69, 9.17) is 4.74 Å². The number of anilines is 1. The van der Waals surface area contributed by atoms with Crippen molar-refractivity contribution < 1.29 is 9.53 Å². The molecule has 0 aliphatic carbocycles. The van der Waals surface area contributed by atoms with Gasteiger partial charge in [-0.05, 0) is 41.8 Å². The largest absolute Gasteiger partial charge is 0.497 e. The number of methoxy groups -OCH3 is 1. The summed E-state index contributed by atoms with van der Waals surface area (Å²) in [6.07, 6.45) is 2.47. The van der Waals surface area contributed by atoms with Crippen molar-refractivity contribution >= 4 is 34.7 Å². The number of carbonyl (C=O) groups is 1. The highest BCUT2D eigenvalue weighted by atomic mass is 32.2. The molecule has 1 fully saturated rings. The minimum Gasteiger partial charge on any atom is -0.497 e. The summed E-state index contributed by atoms with van der Waals surface area (Å²) in [5.74, 6) is 0.874. The first-order chi connectivity index (χ1) is 14.0. The lowest BCUT2D eigenvalue weighted by molar-refractivity contribution is -0.126. The molecule has 152 valence electrons. The highest BCUT2D eigenvalue weighted by Gasteiger charge is 2.36. The first-order valence-electron chi connectivity index (χ1n) is 9.51. The number of hydrogen-bond acceptors (Lipinski definition) is 6. The zero-order chi connectivity index (χ0) is 20.8. The average Bonchev–Trinajstić information content (AvgIpc) is 3.04. The third kappa shape index (κ3) is 5.17. The summed E-state index contributed by atoms with van der Waals surface area (Å²) in [5.41, 5.74) is 3.11. The fraction of sp³-hybridized carbons (Fsp3) is 0.318. The molecule has 1 aliphatic heterocycles. The molecular formula is C22H26N4O2S. The van der Waals surface area contributed by atoms with Gasteiger partial charge in [-0.1, -0.05) is 43.0 Å². The normalized spacial score (nSPS) is 18.1. The summed E-state index contributed by atoms with van der Waals surface area (Å²) in [6, 6.07) is 15.8. The molecule has 2 aromatic carbocycles. The van der Waals surface area contributed by atoms with Crippen LogP contribution in [0.15, 0.2) is 58.7 Å². The number of carbonyl (C=O) groups excluding carboxylic acids is 1. The van der Waals surface area contributed by atoms with E-state index in [1.165, 1.54) is 11.8 Å². The zero-order valence-electron chi connectivity index (χ0n) is 17.2. The summed E-state index contributed by atoms with van der Waals surface area (Å²) in [4.78, 5) is 16.5. The second-order valence-electron chi connectivity index (χ2n) is 6.90. The lowest BCUT2D eigenvalue weighted by Gasteiger charge is -2.16. The van der Waals surface area contributed by atoms with Crippen molar-refractivity contribution in [2.45, 2.75) is 25.1 Å². The van der Waals surface area contributed by atoms with E-state index in [1.807, 2.05) is 74.4 Å². The molecule has 1 atom stereocenters. The first kappa shape index (κ1) is 20.9. The lowest BCUT2D eigenvalue weighted by atomic mass is 10.2. The second kappa shape index (κ2) is 9.60. The topological polar surface area (TPSA) is 57.5 Å². The SMILES string of the molecule is CCC1S/C(=N\N=C\c2ccc(N(C)C)cc2)N(Cc2ccc(OC)cc2)C1=O. The third-order valence-electron chi connectivity index (χ3n) is 4.65. The summed E-state index contributed by atoms with van der Waals surface area (Å²) >= 11 is 1.48. The monoisotopic (exact) mass is 410 g/mol. The van der Waals surface area contributed by atoms with Crippen LogP contribution in [-0.2, 0) is 11.3 Å². The quantitative estimate of drug-likeness (QED) is 0.511. The Hall–Kier alpha value is -2.80. The zero-order valence-corrected chi connectivity index (χ0v) is 18.0. The maximum Gasteiger partial charge on any atom is 0.242 e. The number of amides is 1. The Kier molecular flexibility index (Phi) is 6.93. The van der Waals surface area contributed by atoms with Crippen LogP contribution in [0.25, 0.3) is 0 Å². The minimum atomic E-state index is -0.110. The smallest absolute Gasteiger partial charge is 0.242 e. The average molecular weight is 411 g/mol. The standard InChI is InChI=1S/C22H26N4O2S/c1-5-20-21(27)26(15-17-8-12-19(28-4)13-9-17)22(29-20)24-23-14-16-6-10-18(11-7-16)25(2)3/h6-14,20H,5,15H2,1-4H3/b23-14+,24-22-. The molecule has 3 rings (SSSR count). The van der Waals surface area contributed by atoms with Gasteiger partial charge in [0.05, 0.1) is 25.1 Å². The Labute approximate surface area is 176 Å². The molecule has 29 heavy (non-hydrogen) atoms. The van der Waals surface area contributed by atoms with Gasteiger partial charge in [-0.15, -0.1) is 5.10 Å². The lowest BCUT2D eigenvalue weighted by Crippen LogP contribution is -2.31. The Morgan fingerprint density at radius 3 is 2.41 bits per heavy atom. The summed E-state index contributed by atoms with van der Waals surface area (Å²) < 4.78 is 5.20. The van der Waals surface area contributed by atoms with Crippen LogP contribution in [0.5, 0.6) is 5.75 Å². The number of hydrogen-bond donors (Lipinski definition) is 0. The van der Waals surface area contributed by atoms with Crippen LogP contribution >= 0.6 is 11.8 Å². The van der Waals surface area contributed by atoms with E-state index >= 15 is 0 Å². The van der Waals surface area contributed by atoms with Gasteiger partial charge >= 0.3 is 0 Å². The van der Waals surface area contributed by atoms with Crippen molar-refractivity contribution in [3.05, 3.63) is 59.7 Å². The number of benzene rings is 2. The highest BCUT2D eigenvalue weighted by Crippen LogP contribution is 2.31. The van der Waals surface area contributed by atoms with E-state index in [0.29, 0.717) is 11.7 Å². The molecule has 0 bridgehead atoms. The van der Waals surface area contributed by atoms with Crippen LogP contribution in [0, 0.1) is 0 Å². The fourth-order valence-corrected chi connectivity index (χ4v) is 3.93. The molecule has 1 unspecified atom stereocenters. The van der Waals surface area contributed by atoms with Gasteiger partial charge in [0.15, 0.2) is 5.17 Å². The van der Waals surface area contributed by atoms with Gasteiger partial charge < -0.3 is 9.64 Å². The van der Waals surface area contributed by atoms with Gasteiger partial charge in [0.2, 0.25) is 5.91 Å². The Morgan fingerprint density at radius 2 is 1.83 bits per heavy atom. The molecule has 7 heteroatoms. The van der Waals surface area contributed by atoms with Gasteiger partial charge in [0.25, 0.3) is 0 Å². The van der Waals surface area contributed by atoms with Crippen molar-refractivity contribution in [3.63, 3.8) is 0 Å². The van der Waals surface area contributed by atoms with Crippen molar-refractivity contribution in [3.8, 4) is 5.75 Å². The van der Waals surface area contributed by atoms with Crippen molar-refractivity contribution in [1.29, 1.82) is 0 Å². The molecule has 1 heterocycles. The Bertz CT molecular complexity index is 892. The van der Waals surface area contributed by atoms with Gasteiger partial charge in [0.1, 0.15) is 5.75 Å². The molecule has 1 amide bonds. The number of amidine groups is 1. The maximum atomic E-state index is 12.8. The summed E-state index contributed by atoms with van der Waals surface area (Å²) in [7, 11) is 5.65. The molecule has 0 aromatic heterocycles. The van der Waals surface area contributed by atoms with Gasteiger partial charge in [-0.2, -0.15) is 5.10 Å². The number of rotatable bonds is 7. The molecule has 1 saturated heterocycles. The molecule has 0 N–H and O–H groups in total. The Balaban J connectivity index is 1.75. The van der Waals surface area contributed by atoms with Gasteiger partial charge in [-0.25, -0.2) is 0 Å². The van der Waals surface area contributed by atoms with E-state index in [-0.39, 0.29) is 11.2 Å². The maximum absolute atomic E-state index is 12.8. The van der Waals surface area contributed by atoms with Crippen LogP contribution in [0.3, 0.4) is 0 Å². The highest BCUT2D eigenvalue weighted by molar-refractivity contribution is 8.15. The number of nitrogens with zero attached hydrogens (tertiary/aromatic N) is 4. The number of ether oxygens (including phenoxy) is 1. The van der Waals surface area contributed by atoms with Gasteiger partial charge in [0, 0.05) is 19.8 Å². The van der Waals surface area contributed by atoms with Gasteiger partial charge in [-0.3, -0.25) is 9.69 Å².